The van der Waals surface area contributed by atoms with Crippen LogP contribution in [-0.2, 0) is 14.3 Å². The quantitative estimate of drug-likeness (QED) is 0.691. The number of urea groups is 1. The van der Waals surface area contributed by atoms with Crippen molar-refractivity contribution in [2.75, 3.05) is 13.2 Å². The number of hydrogen-bond donors (Lipinski definition) is 1. The van der Waals surface area contributed by atoms with Crippen LogP contribution in [0.1, 0.15) is 38.3 Å². The maximum atomic E-state index is 12.6. The third kappa shape index (κ3) is 4.73. The maximum absolute atomic E-state index is 12.6. The van der Waals surface area contributed by atoms with Gasteiger partial charge in [-0.05, 0) is 38.8 Å². The molecule has 9 heteroatoms. The smallest absolute Gasteiger partial charge is 0.338 e. The summed E-state index contributed by atoms with van der Waals surface area (Å²) in [7, 11) is 0. The largest absolute Gasteiger partial charge is 0.550 e. The Bertz CT molecular complexity index is 774. The Kier molecular flexibility index (Phi) is 7.10. The molecule has 1 aliphatic heterocycles. The molecular weight excluding hydrogens is 395 g/mol. The maximum Gasteiger partial charge on any atom is 0.338 e. The third-order valence-corrected chi connectivity index (χ3v) is 4.80. The van der Waals surface area contributed by atoms with Crippen molar-refractivity contribution in [1.82, 2.24) is 10.2 Å². The van der Waals surface area contributed by atoms with E-state index in [0.29, 0.717) is 21.3 Å². The molecule has 2 rings (SSSR count). The highest BCUT2D eigenvalue weighted by Crippen LogP contribution is 2.38. The van der Waals surface area contributed by atoms with Gasteiger partial charge in [0.25, 0.3) is 0 Å². The van der Waals surface area contributed by atoms with Gasteiger partial charge in [0.2, 0.25) is 0 Å². The van der Waals surface area contributed by atoms with Crippen molar-refractivity contribution >= 4 is 41.2 Å². The fraction of sp³-hybridized carbons (Fsp3) is 0.389. The highest BCUT2D eigenvalue weighted by Gasteiger charge is 2.38. The summed E-state index contributed by atoms with van der Waals surface area (Å²) in [6.45, 7) is 3.53. The second-order valence-electron chi connectivity index (χ2n) is 5.86. The van der Waals surface area contributed by atoms with Crippen molar-refractivity contribution in [3.05, 3.63) is 45.1 Å². The lowest BCUT2D eigenvalue weighted by Gasteiger charge is -2.36. The molecule has 0 bridgehead atoms. The van der Waals surface area contributed by atoms with Crippen LogP contribution in [0, 0.1) is 0 Å². The van der Waals surface area contributed by atoms with Gasteiger partial charge in [-0.1, -0.05) is 29.3 Å². The zero-order valence-corrected chi connectivity index (χ0v) is 16.4. The summed E-state index contributed by atoms with van der Waals surface area (Å²) < 4.78 is 5.14. The van der Waals surface area contributed by atoms with Gasteiger partial charge in [-0.15, -0.1) is 0 Å². The number of esters is 1. The molecule has 2 amide bonds. The first kappa shape index (κ1) is 21.1. The molecule has 7 nitrogen and oxygen atoms in total. The van der Waals surface area contributed by atoms with E-state index in [1.165, 1.54) is 4.90 Å². The van der Waals surface area contributed by atoms with E-state index in [2.05, 4.69) is 5.32 Å². The van der Waals surface area contributed by atoms with Crippen LogP contribution in [0.2, 0.25) is 10.0 Å². The summed E-state index contributed by atoms with van der Waals surface area (Å²) in [4.78, 5) is 37.1. The van der Waals surface area contributed by atoms with Gasteiger partial charge in [0.05, 0.1) is 18.2 Å². The van der Waals surface area contributed by atoms with Gasteiger partial charge in [-0.25, -0.2) is 9.59 Å². The van der Waals surface area contributed by atoms with Gasteiger partial charge in [0.1, 0.15) is 0 Å². The first-order chi connectivity index (χ1) is 12.8. The zero-order valence-electron chi connectivity index (χ0n) is 14.9. The summed E-state index contributed by atoms with van der Waals surface area (Å²) in [5, 5.41) is 13.9. The average Bonchev–Trinajstić information content (AvgIpc) is 2.57. The van der Waals surface area contributed by atoms with Gasteiger partial charge >= 0.3 is 12.0 Å². The normalized spacial score (nSPS) is 17.0. The van der Waals surface area contributed by atoms with Gasteiger partial charge in [0.15, 0.2) is 0 Å². The molecule has 0 aliphatic carbocycles. The van der Waals surface area contributed by atoms with E-state index in [9.17, 15) is 19.5 Å². The lowest BCUT2D eigenvalue weighted by atomic mass is 9.94. The monoisotopic (exact) mass is 413 g/mol. The fourth-order valence-corrected chi connectivity index (χ4v) is 3.52. The Morgan fingerprint density at radius 2 is 1.93 bits per heavy atom. The minimum atomic E-state index is -1.21. The number of nitrogens with zero attached hydrogens (tertiary/aromatic N) is 1. The fourth-order valence-electron chi connectivity index (χ4n) is 2.91. The number of amides is 2. The molecule has 0 spiro atoms. The Hall–Kier alpha value is -2.25. The van der Waals surface area contributed by atoms with E-state index in [0.717, 1.165) is 0 Å². The predicted molar refractivity (Wildman–Crippen MR) is 98.0 cm³/mol. The molecule has 0 fully saturated rings. The molecule has 1 aliphatic rings. The summed E-state index contributed by atoms with van der Waals surface area (Å²) >= 11 is 12.5. The highest BCUT2D eigenvalue weighted by molar-refractivity contribution is 6.36. The van der Waals surface area contributed by atoms with Crippen molar-refractivity contribution in [1.29, 1.82) is 0 Å². The summed E-state index contributed by atoms with van der Waals surface area (Å²) in [6.07, 6.45) is -0.0215. The number of halogens is 2. The van der Waals surface area contributed by atoms with Gasteiger partial charge in [-0.3, -0.25) is 4.90 Å². The molecule has 1 heterocycles. The van der Waals surface area contributed by atoms with Crippen LogP contribution in [0.25, 0.3) is 0 Å². The lowest BCUT2D eigenvalue weighted by Crippen LogP contribution is -2.48. The van der Waals surface area contributed by atoms with Gasteiger partial charge < -0.3 is 20.0 Å². The molecule has 146 valence electrons. The molecule has 0 radical (unpaired) electrons. The minimum absolute atomic E-state index is 0.109. The predicted octanol–water partition coefficient (Wildman–Crippen LogP) is 2.43. The third-order valence-electron chi connectivity index (χ3n) is 4.14. The number of allylic oxidation sites excluding steroid dienone is 1. The Morgan fingerprint density at radius 1 is 1.30 bits per heavy atom. The van der Waals surface area contributed by atoms with E-state index < -0.39 is 24.0 Å². The minimum Gasteiger partial charge on any atom is -0.550 e. The van der Waals surface area contributed by atoms with Crippen molar-refractivity contribution in [2.24, 2.45) is 0 Å². The summed E-state index contributed by atoms with van der Waals surface area (Å²) in [6, 6.07) is 3.51. The molecule has 1 atom stereocenters. The molecule has 1 N–H and O–H groups in total. The van der Waals surface area contributed by atoms with Gasteiger partial charge in [-0.2, -0.15) is 0 Å². The molecule has 27 heavy (non-hydrogen) atoms. The number of aliphatic carboxylic acids is 1. The number of carbonyl (C=O) groups is 3. The van der Waals surface area contributed by atoms with Crippen LogP contribution in [-0.4, -0.2) is 36.0 Å². The number of rotatable bonds is 7. The molecule has 0 saturated heterocycles. The molecule has 0 aromatic heterocycles. The number of carboxylic acids is 1. The number of ether oxygens (including phenoxy) is 1. The van der Waals surface area contributed by atoms with Crippen LogP contribution in [0.5, 0.6) is 0 Å². The zero-order chi connectivity index (χ0) is 20.1. The summed E-state index contributed by atoms with van der Waals surface area (Å²) in [5.41, 5.74) is 0.947. The average molecular weight is 414 g/mol. The van der Waals surface area contributed by atoms with Crippen LogP contribution in [0.3, 0.4) is 0 Å². The standard InChI is InChI=1S/C18H20Cl2N2O5/c1-3-27-17(25)14-10(2)22(9-5-8-13(23)24)18(26)21-16(14)15-11(19)6-4-7-12(15)20/h4,6-7,16H,3,5,8-9H2,1-2H3,(H,21,26)(H,23,24)/p-1/t16-/m1/s1. The molecule has 0 saturated carbocycles. The lowest BCUT2D eigenvalue weighted by molar-refractivity contribution is -0.305. The van der Waals surface area contributed by atoms with Gasteiger partial charge in [0, 0.05) is 33.8 Å². The SMILES string of the molecule is CCOC(=O)C1=C(C)N(CCCC(=O)[O-])C(=O)N[C@H]1c1c(Cl)cccc1Cl. The van der Waals surface area contributed by atoms with Crippen molar-refractivity contribution in [2.45, 2.75) is 32.7 Å². The molecule has 1 aromatic rings. The van der Waals surface area contributed by atoms with E-state index in [1.54, 1.807) is 32.0 Å². The Morgan fingerprint density at radius 3 is 2.48 bits per heavy atom. The van der Waals surface area contributed by atoms with Crippen molar-refractivity contribution < 1.29 is 24.2 Å². The Balaban J connectivity index is 2.48. The highest BCUT2D eigenvalue weighted by atomic mass is 35.5. The van der Waals surface area contributed by atoms with Crippen LogP contribution >= 0.6 is 23.2 Å². The number of benzene rings is 1. The number of hydrogen-bond acceptors (Lipinski definition) is 5. The number of nitrogens with one attached hydrogen (secondary N) is 1. The van der Waals surface area contributed by atoms with E-state index in [-0.39, 0.29) is 31.6 Å². The Labute approximate surface area is 166 Å². The van der Waals surface area contributed by atoms with E-state index >= 15 is 0 Å². The topological polar surface area (TPSA) is 98.8 Å². The summed E-state index contributed by atoms with van der Waals surface area (Å²) in [5.74, 6) is -1.82. The van der Waals surface area contributed by atoms with Crippen LogP contribution in [0.15, 0.2) is 29.5 Å². The molecule has 0 unspecified atom stereocenters. The van der Waals surface area contributed by atoms with Crippen LogP contribution < -0.4 is 10.4 Å². The molecular formula is C18H19Cl2N2O5-. The van der Waals surface area contributed by atoms with Crippen LogP contribution in [0.4, 0.5) is 4.79 Å². The number of carbonyl (C=O) groups excluding carboxylic acids is 3. The van der Waals surface area contributed by atoms with Crippen molar-refractivity contribution in [3.63, 3.8) is 0 Å². The second kappa shape index (κ2) is 9.10. The second-order valence-corrected chi connectivity index (χ2v) is 6.68. The molecule has 1 aromatic carbocycles. The van der Waals surface area contributed by atoms with Crippen molar-refractivity contribution in [3.8, 4) is 0 Å². The number of carboxylic acid groups (broad SMARTS) is 1. The van der Waals surface area contributed by atoms with E-state index in [1.807, 2.05) is 0 Å². The first-order valence-corrected chi connectivity index (χ1v) is 9.13. The first-order valence-electron chi connectivity index (χ1n) is 8.37. The van der Waals surface area contributed by atoms with E-state index in [4.69, 9.17) is 27.9 Å².